The smallest absolute Gasteiger partial charge is 0.282 e. The number of hydrogen-bond acceptors (Lipinski definition) is 7. The summed E-state index contributed by atoms with van der Waals surface area (Å²) >= 11 is 7.56. The Bertz CT molecular complexity index is 1390. The topological polar surface area (TPSA) is 99.0 Å². The highest BCUT2D eigenvalue weighted by atomic mass is 35.5. The van der Waals surface area contributed by atoms with Gasteiger partial charge in [-0.1, -0.05) is 54.6 Å². The van der Waals surface area contributed by atoms with Gasteiger partial charge in [0.2, 0.25) is 5.91 Å². The van der Waals surface area contributed by atoms with Gasteiger partial charge in [0.25, 0.3) is 5.56 Å². The molecule has 0 aliphatic carbocycles. The number of benzene rings is 2. The normalized spacial score (nSPS) is 11.9. The van der Waals surface area contributed by atoms with Crippen molar-refractivity contribution in [3.8, 4) is 5.75 Å². The van der Waals surface area contributed by atoms with Gasteiger partial charge in [-0.15, -0.1) is 0 Å². The molecule has 0 aliphatic rings. The second-order valence-electron chi connectivity index (χ2n) is 7.34. The van der Waals surface area contributed by atoms with Crippen molar-refractivity contribution in [3.63, 3.8) is 0 Å². The first-order valence-corrected chi connectivity index (χ1v) is 11.8. The van der Waals surface area contributed by atoms with Gasteiger partial charge < -0.3 is 10.1 Å². The van der Waals surface area contributed by atoms with Crippen molar-refractivity contribution in [2.75, 3.05) is 12.4 Å². The zero-order chi connectivity index (χ0) is 24.1. The number of carbonyl (C=O) groups is 1. The Morgan fingerprint density at radius 2 is 1.97 bits per heavy atom. The highest BCUT2D eigenvalue weighted by molar-refractivity contribution is 8.00. The van der Waals surface area contributed by atoms with Crippen LogP contribution in [0.3, 0.4) is 0 Å². The van der Waals surface area contributed by atoms with Crippen molar-refractivity contribution in [1.29, 1.82) is 0 Å². The van der Waals surface area contributed by atoms with Crippen LogP contribution in [-0.2, 0) is 11.3 Å². The van der Waals surface area contributed by atoms with E-state index in [0.717, 1.165) is 5.56 Å². The van der Waals surface area contributed by atoms with Crippen LogP contribution in [0.2, 0.25) is 5.02 Å². The molecule has 10 heteroatoms. The summed E-state index contributed by atoms with van der Waals surface area (Å²) in [6.07, 6.45) is 3.45. The van der Waals surface area contributed by atoms with Crippen molar-refractivity contribution in [3.05, 3.63) is 81.9 Å². The lowest BCUT2D eigenvalue weighted by Crippen LogP contribution is -2.29. The van der Waals surface area contributed by atoms with E-state index in [9.17, 15) is 9.59 Å². The van der Waals surface area contributed by atoms with E-state index < -0.39 is 5.25 Å². The lowest BCUT2D eigenvalue weighted by molar-refractivity contribution is -0.115. The molecule has 0 unspecified atom stereocenters. The van der Waals surface area contributed by atoms with Crippen LogP contribution >= 0.6 is 23.4 Å². The summed E-state index contributed by atoms with van der Waals surface area (Å²) in [6, 6.07) is 14.4. The molecule has 2 heterocycles. The molecule has 0 saturated heterocycles. The molecule has 0 spiro atoms. The fourth-order valence-corrected chi connectivity index (χ4v) is 4.52. The number of anilines is 1. The first-order chi connectivity index (χ1) is 16.5. The lowest BCUT2D eigenvalue weighted by Gasteiger charge is -2.18. The van der Waals surface area contributed by atoms with Crippen LogP contribution in [0, 0.1) is 0 Å². The van der Waals surface area contributed by atoms with Gasteiger partial charge in [0.15, 0.2) is 16.3 Å². The maximum atomic E-state index is 13.3. The Kier molecular flexibility index (Phi) is 7.44. The monoisotopic (exact) mass is 495 g/mol. The standard InChI is InChI=1S/C24H22ClN5O3S/c1-3-19(22(31)28-16-8-6-9-17(13-16)33-2)34-24-29-21-20(26-11-12-27-21)23(32)30(24)14-15-7-4-5-10-18(15)25/h4-13,19H,3,14H2,1-2H3,(H,28,31)/t19-/m0/s1. The molecule has 174 valence electrons. The number of nitrogens with zero attached hydrogens (tertiary/aromatic N) is 4. The minimum Gasteiger partial charge on any atom is -0.497 e. The van der Waals surface area contributed by atoms with Crippen LogP contribution in [0.25, 0.3) is 11.2 Å². The fourth-order valence-electron chi connectivity index (χ4n) is 3.33. The van der Waals surface area contributed by atoms with Crippen LogP contribution in [0.4, 0.5) is 5.69 Å². The molecule has 2 aromatic heterocycles. The minimum atomic E-state index is -0.510. The Hall–Kier alpha value is -3.43. The van der Waals surface area contributed by atoms with E-state index in [1.807, 2.05) is 25.1 Å². The van der Waals surface area contributed by atoms with Gasteiger partial charge in [0, 0.05) is 29.2 Å². The van der Waals surface area contributed by atoms with Crippen LogP contribution < -0.4 is 15.6 Å². The molecular weight excluding hydrogens is 474 g/mol. The number of thioether (sulfide) groups is 1. The number of halogens is 1. The zero-order valence-electron chi connectivity index (χ0n) is 18.6. The maximum absolute atomic E-state index is 13.3. The molecule has 1 atom stereocenters. The summed E-state index contributed by atoms with van der Waals surface area (Å²) < 4.78 is 6.72. The molecule has 1 N–H and O–H groups in total. The predicted molar refractivity (Wildman–Crippen MR) is 134 cm³/mol. The van der Waals surface area contributed by atoms with Gasteiger partial charge in [-0.05, 0) is 30.2 Å². The number of aromatic nitrogens is 4. The van der Waals surface area contributed by atoms with Gasteiger partial charge >= 0.3 is 0 Å². The Morgan fingerprint density at radius 1 is 1.18 bits per heavy atom. The molecule has 8 nitrogen and oxygen atoms in total. The van der Waals surface area contributed by atoms with Gasteiger partial charge in [-0.2, -0.15) is 0 Å². The third kappa shape index (κ3) is 5.21. The summed E-state index contributed by atoms with van der Waals surface area (Å²) in [4.78, 5) is 39.3. The largest absolute Gasteiger partial charge is 0.497 e. The van der Waals surface area contributed by atoms with Crippen molar-refractivity contribution in [1.82, 2.24) is 19.5 Å². The number of ether oxygens (including phenoxy) is 1. The molecule has 4 rings (SSSR count). The molecule has 4 aromatic rings. The quantitative estimate of drug-likeness (QED) is 0.285. The highest BCUT2D eigenvalue weighted by Gasteiger charge is 2.23. The number of amides is 1. The molecule has 0 bridgehead atoms. The Morgan fingerprint density at radius 3 is 2.74 bits per heavy atom. The Labute approximate surface area is 205 Å². The van der Waals surface area contributed by atoms with E-state index >= 15 is 0 Å². The van der Waals surface area contributed by atoms with Gasteiger partial charge in [-0.25, -0.2) is 15.0 Å². The van der Waals surface area contributed by atoms with Gasteiger partial charge in [0.05, 0.1) is 18.9 Å². The van der Waals surface area contributed by atoms with Crippen molar-refractivity contribution >= 4 is 46.1 Å². The average molecular weight is 496 g/mol. The predicted octanol–water partition coefficient (Wildman–Crippen LogP) is 4.41. The van der Waals surface area contributed by atoms with Crippen molar-refractivity contribution < 1.29 is 9.53 Å². The fraction of sp³-hybridized carbons (Fsp3) is 0.208. The van der Waals surface area contributed by atoms with Crippen LogP contribution in [-0.4, -0.2) is 37.8 Å². The summed E-state index contributed by atoms with van der Waals surface area (Å²) in [5.74, 6) is 0.431. The molecule has 0 radical (unpaired) electrons. The number of carbonyl (C=O) groups excluding carboxylic acids is 1. The second-order valence-corrected chi connectivity index (χ2v) is 8.92. The number of nitrogens with one attached hydrogen (secondary N) is 1. The van der Waals surface area contributed by atoms with E-state index in [4.69, 9.17) is 16.3 Å². The Balaban J connectivity index is 1.69. The van der Waals surface area contributed by atoms with E-state index in [-0.39, 0.29) is 29.2 Å². The summed E-state index contributed by atoms with van der Waals surface area (Å²) in [6.45, 7) is 2.09. The molecule has 1 amide bonds. The molecular formula is C24H22ClN5O3S. The molecule has 0 saturated carbocycles. The molecule has 2 aromatic carbocycles. The first-order valence-electron chi connectivity index (χ1n) is 10.6. The highest BCUT2D eigenvalue weighted by Crippen LogP contribution is 2.27. The summed E-state index contributed by atoms with van der Waals surface area (Å²) in [7, 11) is 1.57. The minimum absolute atomic E-state index is 0.160. The van der Waals surface area contributed by atoms with Crippen molar-refractivity contribution in [2.24, 2.45) is 0 Å². The summed E-state index contributed by atoms with van der Waals surface area (Å²) in [5.41, 5.74) is 1.42. The van der Waals surface area contributed by atoms with Crippen LogP contribution in [0.15, 0.2) is 70.9 Å². The van der Waals surface area contributed by atoms with Crippen molar-refractivity contribution in [2.45, 2.75) is 30.3 Å². The van der Waals surface area contributed by atoms with Crippen LogP contribution in [0.1, 0.15) is 18.9 Å². The van der Waals surface area contributed by atoms with E-state index in [1.54, 1.807) is 37.4 Å². The average Bonchev–Trinajstić information content (AvgIpc) is 2.85. The number of rotatable bonds is 8. The van der Waals surface area contributed by atoms with E-state index in [2.05, 4.69) is 20.3 Å². The zero-order valence-corrected chi connectivity index (χ0v) is 20.1. The van der Waals surface area contributed by atoms with Gasteiger partial charge in [0.1, 0.15) is 5.75 Å². The SMILES string of the molecule is CC[C@H](Sc1nc2nccnc2c(=O)n1Cc1ccccc1Cl)C(=O)Nc1cccc(OC)c1. The molecule has 34 heavy (non-hydrogen) atoms. The summed E-state index contributed by atoms with van der Waals surface area (Å²) in [5, 5.41) is 3.31. The third-order valence-corrected chi connectivity index (χ3v) is 6.82. The lowest BCUT2D eigenvalue weighted by atomic mass is 10.2. The van der Waals surface area contributed by atoms with E-state index in [0.29, 0.717) is 28.0 Å². The number of methoxy groups -OCH3 is 1. The van der Waals surface area contributed by atoms with Gasteiger partial charge in [-0.3, -0.25) is 14.2 Å². The van der Waals surface area contributed by atoms with Crippen LogP contribution in [0.5, 0.6) is 5.75 Å². The second kappa shape index (κ2) is 10.7. The third-order valence-electron chi connectivity index (χ3n) is 5.09. The molecule has 0 aliphatic heterocycles. The maximum Gasteiger partial charge on any atom is 0.282 e. The number of fused-ring (bicyclic) bond motifs is 1. The number of hydrogen-bond donors (Lipinski definition) is 1. The molecule has 0 fully saturated rings. The van der Waals surface area contributed by atoms with E-state index in [1.165, 1.54) is 28.7 Å². The first kappa shape index (κ1) is 23.7.